The summed E-state index contributed by atoms with van der Waals surface area (Å²) in [5, 5.41) is 6.60. The maximum atomic E-state index is 12.8. The zero-order valence-electron chi connectivity index (χ0n) is 13.9. The highest BCUT2D eigenvalue weighted by molar-refractivity contribution is 5.92. The Labute approximate surface area is 146 Å². The molecule has 3 aromatic rings. The van der Waals surface area contributed by atoms with Crippen molar-refractivity contribution in [1.82, 2.24) is 20.1 Å². The van der Waals surface area contributed by atoms with Crippen LogP contribution in [0.25, 0.3) is 11.5 Å². The SMILES string of the molecule is C[C@@H](NC(=O)c1coc(-c2cnn(C)c2)n1)c1cccc(C(F)(F)F)c1. The first-order valence-corrected chi connectivity index (χ1v) is 7.66. The molecule has 1 aromatic carbocycles. The lowest BCUT2D eigenvalue weighted by molar-refractivity contribution is -0.137. The van der Waals surface area contributed by atoms with Crippen molar-refractivity contribution in [3.05, 3.63) is 59.7 Å². The molecule has 9 heteroatoms. The minimum atomic E-state index is -4.44. The number of halogens is 3. The van der Waals surface area contributed by atoms with Gasteiger partial charge in [-0.1, -0.05) is 12.1 Å². The molecule has 0 spiro atoms. The molecule has 0 fully saturated rings. The zero-order chi connectivity index (χ0) is 18.9. The molecule has 0 aliphatic heterocycles. The van der Waals surface area contributed by atoms with Gasteiger partial charge in [-0.3, -0.25) is 9.48 Å². The molecule has 0 aliphatic rings. The summed E-state index contributed by atoms with van der Waals surface area (Å²) in [6.07, 6.45) is -0.0292. The average Bonchev–Trinajstić information content (AvgIpc) is 3.23. The van der Waals surface area contributed by atoms with Crippen LogP contribution >= 0.6 is 0 Å². The second-order valence-corrected chi connectivity index (χ2v) is 5.76. The molecule has 136 valence electrons. The van der Waals surface area contributed by atoms with Crippen LogP contribution in [0.4, 0.5) is 13.2 Å². The fraction of sp³-hybridized carbons (Fsp3) is 0.235. The second-order valence-electron chi connectivity index (χ2n) is 5.76. The highest BCUT2D eigenvalue weighted by Crippen LogP contribution is 2.30. The summed E-state index contributed by atoms with van der Waals surface area (Å²) >= 11 is 0. The molecule has 1 N–H and O–H groups in total. The van der Waals surface area contributed by atoms with Gasteiger partial charge in [-0.15, -0.1) is 0 Å². The Balaban J connectivity index is 1.73. The van der Waals surface area contributed by atoms with Crippen LogP contribution < -0.4 is 5.32 Å². The lowest BCUT2D eigenvalue weighted by atomic mass is 10.0. The van der Waals surface area contributed by atoms with Crippen molar-refractivity contribution in [3.8, 4) is 11.5 Å². The van der Waals surface area contributed by atoms with Crippen molar-refractivity contribution in [2.45, 2.75) is 19.1 Å². The van der Waals surface area contributed by atoms with Crippen LogP contribution in [0.3, 0.4) is 0 Å². The Bertz CT molecular complexity index is 930. The maximum absolute atomic E-state index is 12.8. The van der Waals surface area contributed by atoms with E-state index in [4.69, 9.17) is 4.42 Å². The normalized spacial score (nSPS) is 12.8. The van der Waals surface area contributed by atoms with Gasteiger partial charge in [0.25, 0.3) is 5.91 Å². The average molecular weight is 364 g/mol. The molecule has 6 nitrogen and oxygen atoms in total. The number of rotatable bonds is 4. The van der Waals surface area contributed by atoms with E-state index >= 15 is 0 Å². The number of amides is 1. The van der Waals surface area contributed by atoms with E-state index < -0.39 is 23.7 Å². The lowest BCUT2D eigenvalue weighted by Crippen LogP contribution is -2.27. The number of carbonyl (C=O) groups excluding carboxylic acids is 1. The van der Waals surface area contributed by atoms with Crippen molar-refractivity contribution in [2.75, 3.05) is 0 Å². The smallest absolute Gasteiger partial charge is 0.416 e. The van der Waals surface area contributed by atoms with E-state index in [2.05, 4.69) is 15.4 Å². The lowest BCUT2D eigenvalue weighted by Gasteiger charge is -2.15. The quantitative estimate of drug-likeness (QED) is 0.768. The van der Waals surface area contributed by atoms with E-state index in [0.717, 1.165) is 12.1 Å². The van der Waals surface area contributed by atoms with Gasteiger partial charge in [0.05, 0.1) is 23.4 Å². The largest absolute Gasteiger partial charge is 0.444 e. The predicted molar refractivity (Wildman–Crippen MR) is 86.0 cm³/mol. The Morgan fingerprint density at radius 2 is 2.12 bits per heavy atom. The van der Waals surface area contributed by atoms with Crippen LogP contribution in [0.5, 0.6) is 0 Å². The van der Waals surface area contributed by atoms with Gasteiger partial charge in [0.2, 0.25) is 5.89 Å². The number of aryl methyl sites for hydroxylation is 1. The Morgan fingerprint density at radius 1 is 1.35 bits per heavy atom. The van der Waals surface area contributed by atoms with Gasteiger partial charge >= 0.3 is 6.18 Å². The third-order valence-electron chi connectivity index (χ3n) is 3.75. The van der Waals surface area contributed by atoms with Gasteiger partial charge in [0.1, 0.15) is 6.26 Å². The minimum absolute atomic E-state index is 0.0303. The summed E-state index contributed by atoms with van der Waals surface area (Å²) in [4.78, 5) is 16.4. The number of nitrogens with one attached hydrogen (secondary N) is 1. The highest BCUT2D eigenvalue weighted by atomic mass is 19.4. The van der Waals surface area contributed by atoms with Crippen LogP contribution in [-0.4, -0.2) is 20.7 Å². The third kappa shape index (κ3) is 3.76. The molecular formula is C17H15F3N4O2. The number of aromatic nitrogens is 3. The fourth-order valence-electron chi connectivity index (χ4n) is 2.38. The Morgan fingerprint density at radius 3 is 2.77 bits per heavy atom. The summed E-state index contributed by atoms with van der Waals surface area (Å²) < 4.78 is 45.3. The summed E-state index contributed by atoms with van der Waals surface area (Å²) in [6, 6.07) is 4.18. The van der Waals surface area contributed by atoms with Gasteiger partial charge in [-0.25, -0.2) is 4.98 Å². The zero-order valence-corrected chi connectivity index (χ0v) is 13.9. The van der Waals surface area contributed by atoms with Crippen molar-refractivity contribution in [1.29, 1.82) is 0 Å². The summed E-state index contributed by atoms with van der Waals surface area (Å²) in [5.41, 5.74) is 0.209. The standard InChI is InChI=1S/C17H15F3N4O2/c1-10(11-4-3-5-13(6-11)17(18,19)20)22-15(25)14-9-26-16(23-14)12-7-21-24(2)8-12/h3-10H,1-2H3,(H,22,25)/t10-/m1/s1. The first-order chi connectivity index (χ1) is 12.2. The second kappa shape index (κ2) is 6.66. The van der Waals surface area contributed by atoms with E-state index in [-0.39, 0.29) is 11.6 Å². The first-order valence-electron chi connectivity index (χ1n) is 7.66. The van der Waals surface area contributed by atoms with Crippen molar-refractivity contribution in [3.63, 3.8) is 0 Å². The van der Waals surface area contributed by atoms with E-state index in [9.17, 15) is 18.0 Å². The van der Waals surface area contributed by atoms with E-state index in [1.165, 1.54) is 18.4 Å². The van der Waals surface area contributed by atoms with Crippen LogP contribution in [0.2, 0.25) is 0 Å². The Hall–Kier alpha value is -3.10. The van der Waals surface area contributed by atoms with Crippen LogP contribution in [0.15, 0.2) is 47.3 Å². The van der Waals surface area contributed by atoms with E-state index in [1.54, 1.807) is 31.0 Å². The molecule has 0 aliphatic carbocycles. The van der Waals surface area contributed by atoms with E-state index in [1.807, 2.05) is 0 Å². The molecule has 1 atom stereocenters. The van der Waals surface area contributed by atoms with E-state index in [0.29, 0.717) is 11.1 Å². The highest BCUT2D eigenvalue weighted by Gasteiger charge is 2.30. The van der Waals surface area contributed by atoms with Gasteiger partial charge in [0.15, 0.2) is 5.69 Å². The number of alkyl halides is 3. The number of nitrogens with zero attached hydrogens (tertiary/aromatic N) is 3. The number of carbonyl (C=O) groups is 1. The van der Waals surface area contributed by atoms with Crippen molar-refractivity contribution >= 4 is 5.91 Å². The molecule has 2 aromatic heterocycles. The Kier molecular flexibility index (Phi) is 4.54. The molecule has 26 heavy (non-hydrogen) atoms. The van der Waals surface area contributed by atoms with Crippen LogP contribution in [0.1, 0.15) is 34.6 Å². The molecule has 0 radical (unpaired) electrons. The van der Waals surface area contributed by atoms with Crippen LogP contribution in [0, 0.1) is 0 Å². The van der Waals surface area contributed by atoms with Gasteiger partial charge in [0, 0.05) is 13.2 Å². The molecular weight excluding hydrogens is 349 g/mol. The molecule has 0 saturated carbocycles. The molecule has 0 bridgehead atoms. The third-order valence-corrected chi connectivity index (χ3v) is 3.75. The van der Waals surface area contributed by atoms with Gasteiger partial charge < -0.3 is 9.73 Å². The van der Waals surface area contributed by atoms with Crippen LogP contribution in [-0.2, 0) is 13.2 Å². The first kappa shape index (κ1) is 17.7. The molecule has 0 unspecified atom stereocenters. The summed E-state index contributed by atoms with van der Waals surface area (Å²) in [6.45, 7) is 1.59. The summed E-state index contributed by atoms with van der Waals surface area (Å²) in [5.74, 6) is -0.316. The fourth-order valence-corrected chi connectivity index (χ4v) is 2.38. The minimum Gasteiger partial charge on any atom is -0.444 e. The van der Waals surface area contributed by atoms with Gasteiger partial charge in [-0.05, 0) is 24.6 Å². The number of benzene rings is 1. The monoisotopic (exact) mass is 364 g/mol. The molecule has 1 amide bonds. The van der Waals surface area contributed by atoms with Gasteiger partial charge in [-0.2, -0.15) is 18.3 Å². The summed E-state index contributed by atoms with van der Waals surface area (Å²) in [7, 11) is 1.73. The predicted octanol–water partition coefficient (Wildman–Crippen LogP) is 3.58. The van der Waals surface area contributed by atoms with Crippen molar-refractivity contribution < 1.29 is 22.4 Å². The number of hydrogen-bond acceptors (Lipinski definition) is 4. The maximum Gasteiger partial charge on any atom is 0.416 e. The molecule has 0 saturated heterocycles. The number of oxazole rings is 1. The number of hydrogen-bond donors (Lipinski definition) is 1. The molecule has 2 heterocycles. The van der Waals surface area contributed by atoms with Crippen molar-refractivity contribution in [2.24, 2.45) is 7.05 Å². The molecule has 3 rings (SSSR count). The topological polar surface area (TPSA) is 73.0 Å².